The lowest BCUT2D eigenvalue weighted by atomic mass is 10.1. The summed E-state index contributed by atoms with van der Waals surface area (Å²) in [5.41, 5.74) is 4.31. The van der Waals surface area contributed by atoms with Crippen molar-refractivity contribution in [3.63, 3.8) is 0 Å². The minimum absolute atomic E-state index is 0.164. The summed E-state index contributed by atoms with van der Waals surface area (Å²) in [6.45, 7) is 14.1. The Balaban J connectivity index is 1.38. The molecule has 2 atom stereocenters. The summed E-state index contributed by atoms with van der Waals surface area (Å²) in [5, 5.41) is 6.37. The van der Waals surface area contributed by atoms with Crippen molar-refractivity contribution in [3.8, 4) is 0 Å². The number of rotatable bonds is 8. The molecule has 1 aromatic heterocycles. The molecule has 1 saturated heterocycles. The van der Waals surface area contributed by atoms with Crippen LogP contribution in [0.1, 0.15) is 59.1 Å². The molecule has 1 aliphatic heterocycles. The molecule has 2 aromatic carbocycles. The van der Waals surface area contributed by atoms with Gasteiger partial charge < -0.3 is 15.4 Å². The zero-order chi connectivity index (χ0) is 28.9. The summed E-state index contributed by atoms with van der Waals surface area (Å²) in [6.07, 6.45) is 6.00. The molecule has 3 aromatic rings. The van der Waals surface area contributed by atoms with Gasteiger partial charge in [0.1, 0.15) is 18.0 Å². The minimum Gasteiger partial charge on any atom is -0.444 e. The standard InChI is InChI=1S/C31H38N6O3/c1-21(34-23(3)24-11-8-7-9-12-24)18-32-19-22(2)37-20-33-26-17-25(14-15-27(26)37)35-29(38)28-13-10-16-36(28)30(39)40-31(4,5)6/h7-9,11-12,14-15,17-20,23,28,34H,2,10,13,16H2,1,3-6H3,(H,35,38)/b21-18+,32-19?. The number of carbonyl (C=O) groups is 2. The van der Waals surface area contributed by atoms with Crippen LogP contribution in [0.25, 0.3) is 16.7 Å². The minimum atomic E-state index is -0.619. The maximum atomic E-state index is 13.0. The number of likely N-dealkylation sites (tertiary alicyclic amines) is 1. The van der Waals surface area contributed by atoms with Crippen molar-refractivity contribution < 1.29 is 14.3 Å². The lowest BCUT2D eigenvalue weighted by molar-refractivity contribution is -0.120. The number of anilines is 1. The highest BCUT2D eigenvalue weighted by Crippen LogP contribution is 2.24. The molecule has 0 saturated carbocycles. The van der Waals surface area contributed by atoms with Gasteiger partial charge in [0.2, 0.25) is 5.91 Å². The van der Waals surface area contributed by atoms with Crippen molar-refractivity contribution in [2.24, 2.45) is 4.99 Å². The van der Waals surface area contributed by atoms with Crippen molar-refractivity contribution in [2.45, 2.75) is 65.1 Å². The molecular weight excluding hydrogens is 504 g/mol. The van der Waals surface area contributed by atoms with Crippen LogP contribution >= 0.6 is 0 Å². The summed E-state index contributed by atoms with van der Waals surface area (Å²) < 4.78 is 7.32. The molecule has 4 rings (SSSR count). The van der Waals surface area contributed by atoms with Crippen LogP contribution in [0.4, 0.5) is 10.5 Å². The molecule has 0 radical (unpaired) electrons. The number of aliphatic imine (C=N–C) groups is 1. The molecule has 0 spiro atoms. The molecule has 40 heavy (non-hydrogen) atoms. The van der Waals surface area contributed by atoms with Crippen LogP contribution in [0.15, 0.2) is 78.3 Å². The van der Waals surface area contributed by atoms with Crippen molar-refractivity contribution in [1.82, 2.24) is 19.8 Å². The molecule has 210 valence electrons. The Kier molecular flexibility index (Phi) is 8.72. The zero-order valence-corrected chi connectivity index (χ0v) is 23.8. The van der Waals surface area contributed by atoms with Crippen LogP contribution < -0.4 is 10.6 Å². The molecule has 0 aliphatic carbocycles. The number of allylic oxidation sites excluding steroid dienone is 2. The van der Waals surface area contributed by atoms with E-state index in [0.717, 1.165) is 17.6 Å². The van der Waals surface area contributed by atoms with Gasteiger partial charge in [0.05, 0.1) is 22.9 Å². The van der Waals surface area contributed by atoms with Gasteiger partial charge in [-0.1, -0.05) is 36.9 Å². The molecule has 9 nitrogen and oxygen atoms in total. The molecule has 1 fully saturated rings. The Bertz CT molecular complexity index is 1430. The van der Waals surface area contributed by atoms with Crippen molar-refractivity contribution >= 4 is 40.6 Å². The summed E-state index contributed by atoms with van der Waals surface area (Å²) in [7, 11) is 0. The summed E-state index contributed by atoms with van der Waals surface area (Å²) >= 11 is 0. The summed E-state index contributed by atoms with van der Waals surface area (Å²) in [5.74, 6) is -0.240. The van der Waals surface area contributed by atoms with Gasteiger partial charge in [-0.05, 0) is 71.2 Å². The van der Waals surface area contributed by atoms with Gasteiger partial charge in [0.15, 0.2) is 0 Å². The van der Waals surface area contributed by atoms with Gasteiger partial charge in [0, 0.05) is 30.2 Å². The lowest BCUT2D eigenvalue weighted by Crippen LogP contribution is -2.45. The number of hydrogen-bond acceptors (Lipinski definition) is 6. The highest BCUT2D eigenvalue weighted by Gasteiger charge is 2.36. The third-order valence-corrected chi connectivity index (χ3v) is 6.54. The van der Waals surface area contributed by atoms with Gasteiger partial charge >= 0.3 is 6.09 Å². The smallest absolute Gasteiger partial charge is 0.410 e. The van der Waals surface area contributed by atoms with Crippen LogP contribution in [0.5, 0.6) is 0 Å². The van der Waals surface area contributed by atoms with Crippen molar-refractivity contribution in [1.29, 1.82) is 0 Å². The van der Waals surface area contributed by atoms with Crippen LogP contribution in [0, 0.1) is 0 Å². The van der Waals surface area contributed by atoms with Crippen LogP contribution in [-0.4, -0.2) is 50.9 Å². The molecule has 9 heteroatoms. The number of amides is 2. The number of aromatic nitrogens is 2. The highest BCUT2D eigenvalue weighted by molar-refractivity contribution is 6.04. The largest absolute Gasteiger partial charge is 0.444 e. The lowest BCUT2D eigenvalue weighted by Gasteiger charge is -2.28. The van der Waals surface area contributed by atoms with E-state index < -0.39 is 17.7 Å². The van der Waals surface area contributed by atoms with E-state index in [4.69, 9.17) is 4.74 Å². The van der Waals surface area contributed by atoms with Gasteiger partial charge in [-0.2, -0.15) is 0 Å². The number of nitrogens with zero attached hydrogens (tertiary/aromatic N) is 4. The van der Waals surface area contributed by atoms with Gasteiger partial charge in [-0.15, -0.1) is 0 Å². The maximum absolute atomic E-state index is 13.0. The maximum Gasteiger partial charge on any atom is 0.410 e. The van der Waals surface area contributed by atoms with Crippen LogP contribution in [0.3, 0.4) is 0 Å². The topological polar surface area (TPSA) is 101 Å². The van der Waals surface area contributed by atoms with Gasteiger partial charge in [-0.3, -0.25) is 19.3 Å². The number of benzene rings is 2. The fourth-order valence-corrected chi connectivity index (χ4v) is 4.62. The zero-order valence-electron chi connectivity index (χ0n) is 23.8. The molecule has 2 N–H and O–H groups in total. The average Bonchev–Trinajstić information content (AvgIpc) is 3.56. The number of carbonyl (C=O) groups excluding carboxylic acids is 2. The SMILES string of the molecule is C=C(C=N/C=C(\C)NC(C)c1ccccc1)n1cnc2cc(NC(=O)C3CCCN3C(=O)OC(C)(C)C)ccc21. The molecular formula is C31H38N6O3. The van der Waals surface area contributed by atoms with E-state index in [1.165, 1.54) is 10.5 Å². The molecule has 2 unspecified atom stereocenters. The number of fused-ring (bicyclic) bond motifs is 1. The van der Waals surface area contributed by atoms with Crippen molar-refractivity contribution in [2.75, 3.05) is 11.9 Å². The molecule has 2 amide bonds. The monoisotopic (exact) mass is 542 g/mol. The normalized spacial score (nSPS) is 16.8. The average molecular weight is 543 g/mol. The first-order valence-electron chi connectivity index (χ1n) is 13.5. The summed E-state index contributed by atoms with van der Waals surface area (Å²) in [6, 6.07) is 15.3. The first-order chi connectivity index (χ1) is 19.0. The van der Waals surface area contributed by atoms with E-state index in [9.17, 15) is 9.59 Å². The highest BCUT2D eigenvalue weighted by atomic mass is 16.6. The number of hydrogen-bond donors (Lipinski definition) is 2. The fraction of sp³-hybridized carbons (Fsp3) is 0.355. The molecule has 1 aliphatic rings. The molecule has 0 bridgehead atoms. The van der Waals surface area contributed by atoms with Gasteiger partial charge in [0.25, 0.3) is 0 Å². The first-order valence-corrected chi connectivity index (χ1v) is 13.5. The predicted molar refractivity (Wildman–Crippen MR) is 160 cm³/mol. The predicted octanol–water partition coefficient (Wildman–Crippen LogP) is 6.13. The fourth-order valence-electron chi connectivity index (χ4n) is 4.62. The van der Waals surface area contributed by atoms with E-state index in [-0.39, 0.29) is 11.9 Å². The van der Waals surface area contributed by atoms with E-state index in [1.807, 2.05) is 62.6 Å². The quantitative estimate of drug-likeness (QED) is 0.334. The Morgan fingerprint density at radius 2 is 1.95 bits per heavy atom. The third-order valence-electron chi connectivity index (χ3n) is 6.54. The Hall–Kier alpha value is -4.40. The van der Waals surface area contributed by atoms with E-state index in [0.29, 0.717) is 29.9 Å². The van der Waals surface area contributed by atoms with E-state index in [2.05, 4.69) is 46.2 Å². The van der Waals surface area contributed by atoms with Crippen LogP contribution in [0.2, 0.25) is 0 Å². The second kappa shape index (κ2) is 12.2. The second-order valence-electron chi connectivity index (χ2n) is 11.0. The van der Waals surface area contributed by atoms with E-state index >= 15 is 0 Å². The Labute approximate surface area is 235 Å². The summed E-state index contributed by atoms with van der Waals surface area (Å²) in [4.78, 5) is 36.0. The Morgan fingerprint density at radius 1 is 1.20 bits per heavy atom. The molecule has 2 heterocycles. The van der Waals surface area contributed by atoms with Gasteiger partial charge in [-0.25, -0.2) is 9.78 Å². The second-order valence-corrected chi connectivity index (χ2v) is 11.0. The van der Waals surface area contributed by atoms with E-state index in [1.54, 1.807) is 24.8 Å². The van der Waals surface area contributed by atoms with Crippen molar-refractivity contribution in [3.05, 3.63) is 78.9 Å². The number of nitrogens with one attached hydrogen (secondary N) is 2. The number of imidazole rings is 1. The van der Waals surface area contributed by atoms with Crippen LogP contribution in [-0.2, 0) is 9.53 Å². The first kappa shape index (κ1) is 28.6. The number of ether oxygens (including phenoxy) is 1. The Morgan fingerprint density at radius 3 is 2.67 bits per heavy atom. The third kappa shape index (κ3) is 7.16.